The molecule has 2 heterocycles. The van der Waals surface area contributed by atoms with Gasteiger partial charge in [-0.05, 0) is 42.5 Å². The quantitative estimate of drug-likeness (QED) is 0.477. The lowest BCUT2D eigenvalue weighted by Crippen LogP contribution is -2.16. The smallest absolute Gasteiger partial charge is 0.248 e. The van der Waals surface area contributed by atoms with Gasteiger partial charge in [0, 0.05) is 11.1 Å². The number of aromatic nitrogens is 2. The molecule has 4 rings (SSSR count). The monoisotopic (exact) mass is 380 g/mol. The molecule has 0 saturated carbocycles. The highest BCUT2D eigenvalue weighted by molar-refractivity contribution is 7.83. The number of carbonyl (C=O) groups excluding carboxylic acids is 1. The lowest BCUT2D eigenvalue weighted by atomic mass is 10.2. The number of hydrogen-bond acceptors (Lipinski definition) is 4. The Morgan fingerprint density at radius 2 is 2.00 bits per heavy atom. The largest absolute Gasteiger partial charge is 0.468 e. The summed E-state index contributed by atoms with van der Waals surface area (Å²) in [5, 5.41) is 0. The van der Waals surface area contributed by atoms with Gasteiger partial charge in [0.1, 0.15) is 22.6 Å². The van der Waals surface area contributed by atoms with Crippen molar-refractivity contribution in [3.8, 4) is 11.4 Å². The van der Waals surface area contributed by atoms with Gasteiger partial charge in [0.05, 0.1) is 28.7 Å². The summed E-state index contributed by atoms with van der Waals surface area (Å²) in [7, 11) is -1.35. The molecule has 136 valence electrons. The van der Waals surface area contributed by atoms with E-state index in [1.807, 2.05) is 18.2 Å². The Morgan fingerprint density at radius 3 is 2.70 bits per heavy atom. The number of hydrogen-bond donors (Lipinski definition) is 3. The van der Waals surface area contributed by atoms with Crippen LogP contribution in [0.15, 0.2) is 70.2 Å². The molecular formula is C19H16N4O3S. The van der Waals surface area contributed by atoms with Crippen LogP contribution in [0.1, 0.15) is 16.1 Å². The molecule has 0 aliphatic carbocycles. The number of fused-ring (bicyclic) bond motifs is 1. The molecule has 4 aromatic rings. The van der Waals surface area contributed by atoms with Crippen molar-refractivity contribution in [1.82, 2.24) is 14.7 Å². The average Bonchev–Trinajstić information content (AvgIpc) is 3.35. The fourth-order valence-corrected chi connectivity index (χ4v) is 3.49. The lowest BCUT2D eigenvalue weighted by Gasteiger charge is -2.04. The summed E-state index contributed by atoms with van der Waals surface area (Å²) in [6.07, 6.45) is 1.58. The Kier molecular flexibility index (Phi) is 4.57. The zero-order chi connectivity index (χ0) is 18.8. The van der Waals surface area contributed by atoms with Crippen molar-refractivity contribution >= 4 is 27.9 Å². The van der Waals surface area contributed by atoms with Crippen molar-refractivity contribution in [2.75, 3.05) is 0 Å². The molecule has 0 fully saturated rings. The number of amides is 1. The summed E-state index contributed by atoms with van der Waals surface area (Å²) in [6, 6.07) is 15.9. The number of H-pyrrole nitrogens is 1. The van der Waals surface area contributed by atoms with Crippen molar-refractivity contribution in [1.29, 1.82) is 0 Å². The Bertz CT molecular complexity index is 1120. The molecule has 0 spiro atoms. The molecule has 0 bridgehead atoms. The molecule has 1 atom stereocenters. The number of rotatable bonds is 6. The van der Waals surface area contributed by atoms with Crippen LogP contribution in [0.5, 0.6) is 0 Å². The Hall–Kier alpha value is -3.23. The van der Waals surface area contributed by atoms with Crippen LogP contribution in [-0.4, -0.2) is 20.1 Å². The van der Waals surface area contributed by atoms with Crippen LogP contribution in [0.3, 0.4) is 0 Å². The van der Waals surface area contributed by atoms with E-state index in [9.17, 15) is 9.00 Å². The second-order valence-corrected chi connectivity index (χ2v) is 7.17. The molecular weight excluding hydrogens is 364 g/mol. The van der Waals surface area contributed by atoms with Crippen molar-refractivity contribution in [3.63, 3.8) is 0 Å². The minimum Gasteiger partial charge on any atom is -0.468 e. The van der Waals surface area contributed by atoms with E-state index in [1.165, 1.54) is 0 Å². The van der Waals surface area contributed by atoms with Gasteiger partial charge in [0.2, 0.25) is 5.91 Å². The van der Waals surface area contributed by atoms with Gasteiger partial charge in [-0.25, -0.2) is 13.9 Å². The molecule has 27 heavy (non-hydrogen) atoms. The number of carbonyl (C=O) groups is 1. The van der Waals surface area contributed by atoms with Gasteiger partial charge >= 0.3 is 0 Å². The van der Waals surface area contributed by atoms with E-state index < -0.39 is 16.9 Å². The van der Waals surface area contributed by atoms with Gasteiger partial charge in [-0.1, -0.05) is 12.1 Å². The first-order valence-corrected chi connectivity index (χ1v) is 9.33. The highest BCUT2D eigenvalue weighted by atomic mass is 32.2. The highest BCUT2D eigenvalue weighted by Crippen LogP contribution is 2.22. The number of furan rings is 1. The maximum absolute atomic E-state index is 12.3. The molecule has 4 N–H and O–H groups in total. The molecule has 1 amide bonds. The zero-order valence-electron chi connectivity index (χ0n) is 14.1. The third kappa shape index (κ3) is 3.67. The topological polar surface area (TPSA) is 114 Å². The number of primary amides is 1. The lowest BCUT2D eigenvalue weighted by molar-refractivity contribution is 0.100. The van der Waals surface area contributed by atoms with Crippen molar-refractivity contribution in [2.45, 2.75) is 11.4 Å². The van der Waals surface area contributed by atoms with Gasteiger partial charge in [-0.3, -0.25) is 4.79 Å². The van der Waals surface area contributed by atoms with Crippen molar-refractivity contribution < 1.29 is 13.4 Å². The van der Waals surface area contributed by atoms with Crippen molar-refractivity contribution in [3.05, 3.63) is 72.2 Å². The number of benzene rings is 2. The molecule has 0 radical (unpaired) electrons. The summed E-state index contributed by atoms with van der Waals surface area (Å²) >= 11 is 0. The predicted molar refractivity (Wildman–Crippen MR) is 102 cm³/mol. The molecule has 2 aromatic heterocycles. The number of aromatic amines is 1. The number of nitrogens with one attached hydrogen (secondary N) is 2. The van der Waals surface area contributed by atoms with Crippen LogP contribution < -0.4 is 10.5 Å². The first kappa shape index (κ1) is 17.2. The zero-order valence-corrected chi connectivity index (χ0v) is 15.0. The Balaban J connectivity index is 1.52. The van der Waals surface area contributed by atoms with E-state index in [4.69, 9.17) is 10.2 Å². The fourth-order valence-electron chi connectivity index (χ4n) is 2.67. The minimum atomic E-state index is -1.35. The third-order valence-corrected chi connectivity index (χ3v) is 5.17. The summed E-state index contributed by atoms with van der Waals surface area (Å²) < 4.78 is 20.4. The molecule has 8 heteroatoms. The maximum atomic E-state index is 12.3. The van der Waals surface area contributed by atoms with Gasteiger partial charge < -0.3 is 15.1 Å². The summed E-state index contributed by atoms with van der Waals surface area (Å²) in [5.41, 5.74) is 8.05. The van der Waals surface area contributed by atoms with E-state index in [0.717, 1.165) is 22.4 Å². The minimum absolute atomic E-state index is 0.382. The summed E-state index contributed by atoms with van der Waals surface area (Å²) in [5.74, 6) is 0.895. The number of imidazole rings is 1. The second kappa shape index (κ2) is 7.18. The number of nitrogens with two attached hydrogens (primary N) is 1. The maximum Gasteiger partial charge on any atom is 0.248 e. The highest BCUT2D eigenvalue weighted by Gasteiger charge is 2.10. The van der Waals surface area contributed by atoms with Gasteiger partial charge in [0.25, 0.3) is 0 Å². The van der Waals surface area contributed by atoms with Crippen LogP contribution in [-0.2, 0) is 17.5 Å². The van der Waals surface area contributed by atoms with Gasteiger partial charge in [-0.2, -0.15) is 0 Å². The van der Waals surface area contributed by atoms with E-state index in [2.05, 4.69) is 14.7 Å². The number of nitrogens with zero attached hydrogens (tertiary/aromatic N) is 1. The Morgan fingerprint density at radius 1 is 1.19 bits per heavy atom. The standard InChI is InChI=1S/C19H16N4O3S/c20-18(24)13-5-8-16-17(10-13)23-19(22-16)12-3-6-15(7-4-12)27(25)21-11-14-2-1-9-26-14/h1-10,21H,11H2,(H2,20,24)(H,22,23). The molecule has 0 aliphatic rings. The van der Waals surface area contributed by atoms with E-state index in [-0.39, 0.29) is 0 Å². The Labute approximate surface area is 157 Å². The molecule has 0 aliphatic heterocycles. The van der Waals surface area contributed by atoms with Gasteiger partial charge in [0.15, 0.2) is 0 Å². The fraction of sp³-hybridized carbons (Fsp3) is 0.0526. The van der Waals surface area contributed by atoms with Crippen LogP contribution in [0.2, 0.25) is 0 Å². The van der Waals surface area contributed by atoms with Crippen LogP contribution in [0.25, 0.3) is 22.4 Å². The first-order valence-electron chi connectivity index (χ1n) is 8.18. The third-order valence-electron chi connectivity index (χ3n) is 4.07. The van der Waals surface area contributed by atoms with E-state index >= 15 is 0 Å². The van der Waals surface area contributed by atoms with Crippen LogP contribution in [0.4, 0.5) is 0 Å². The van der Waals surface area contributed by atoms with Gasteiger partial charge in [-0.15, -0.1) is 0 Å². The summed E-state index contributed by atoms with van der Waals surface area (Å²) in [4.78, 5) is 19.6. The molecule has 7 nitrogen and oxygen atoms in total. The summed E-state index contributed by atoms with van der Waals surface area (Å²) in [6.45, 7) is 0.382. The first-order chi connectivity index (χ1) is 13.1. The second-order valence-electron chi connectivity index (χ2n) is 5.88. The van der Waals surface area contributed by atoms with Crippen LogP contribution in [0, 0.1) is 0 Å². The molecule has 0 saturated heterocycles. The average molecular weight is 380 g/mol. The van der Waals surface area contributed by atoms with Crippen LogP contribution >= 0.6 is 0 Å². The molecule has 1 unspecified atom stereocenters. The normalized spacial score (nSPS) is 12.3. The van der Waals surface area contributed by atoms with E-state index in [1.54, 1.807) is 42.7 Å². The van der Waals surface area contributed by atoms with Crippen molar-refractivity contribution in [2.24, 2.45) is 5.73 Å². The van der Waals surface area contributed by atoms with E-state index in [0.29, 0.717) is 22.8 Å². The molecule has 2 aromatic carbocycles. The SMILES string of the molecule is NC(=O)c1ccc2nc(-c3ccc(S(=O)NCc4ccco4)cc3)[nH]c2c1. The predicted octanol–water partition coefficient (Wildman–Crippen LogP) is 2.73.